The van der Waals surface area contributed by atoms with Gasteiger partial charge in [0.05, 0.1) is 0 Å². The largest absolute Gasteiger partial charge is 0.480 e. The Kier molecular flexibility index (Phi) is 5.60. The molecule has 0 radical (unpaired) electrons. The van der Waals surface area contributed by atoms with Crippen molar-refractivity contribution in [2.45, 2.75) is 39.2 Å². The van der Waals surface area contributed by atoms with Gasteiger partial charge in [0, 0.05) is 26.8 Å². The van der Waals surface area contributed by atoms with Gasteiger partial charge in [0.2, 0.25) is 0 Å². The zero-order chi connectivity index (χ0) is 14.5. The average molecular weight is 272 g/mol. The standard InChI is InChI=1S/C13H24N2O4/c1-13(2)6-4-8-15(10(13)11(16)17)12(18)14-7-5-9-19-3/h10H,4-9H2,1-3H3,(H,14,18)(H,16,17). The number of carboxylic acid groups (broad SMARTS) is 1. The van der Waals surface area contributed by atoms with Gasteiger partial charge in [0.1, 0.15) is 6.04 Å². The normalized spacial score (nSPS) is 22.1. The van der Waals surface area contributed by atoms with Crippen LogP contribution >= 0.6 is 0 Å². The van der Waals surface area contributed by atoms with Crippen LogP contribution in [-0.4, -0.2) is 54.9 Å². The first kappa shape index (κ1) is 15.8. The molecule has 1 aliphatic heterocycles. The zero-order valence-corrected chi connectivity index (χ0v) is 11.9. The molecule has 110 valence electrons. The molecule has 1 heterocycles. The van der Waals surface area contributed by atoms with Crippen molar-refractivity contribution < 1.29 is 19.4 Å². The second-order valence-corrected chi connectivity index (χ2v) is 5.60. The highest BCUT2D eigenvalue weighted by Gasteiger charge is 2.44. The number of carbonyl (C=O) groups is 2. The Hall–Kier alpha value is -1.30. The predicted molar refractivity (Wildman–Crippen MR) is 71.0 cm³/mol. The number of hydrogen-bond acceptors (Lipinski definition) is 3. The molecule has 1 aliphatic rings. The summed E-state index contributed by atoms with van der Waals surface area (Å²) in [5, 5.41) is 12.1. The Balaban J connectivity index is 2.62. The number of hydrogen-bond donors (Lipinski definition) is 2. The van der Waals surface area contributed by atoms with E-state index < -0.39 is 17.4 Å². The zero-order valence-electron chi connectivity index (χ0n) is 11.9. The van der Waals surface area contributed by atoms with Gasteiger partial charge >= 0.3 is 12.0 Å². The van der Waals surface area contributed by atoms with Crippen molar-refractivity contribution in [2.24, 2.45) is 5.41 Å². The fraction of sp³-hybridized carbons (Fsp3) is 0.846. The van der Waals surface area contributed by atoms with Crippen LogP contribution in [0.3, 0.4) is 0 Å². The molecule has 1 unspecified atom stereocenters. The highest BCUT2D eigenvalue weighted by atomic mass is 16.5. The van der Waals surface area contributed by atoms with Crippen LogP contribution in [0.4, 0.5) is 4.79 Å². The molecule has 19 heavy (non-hydrogen) atoms. The van der Waals surface area contributed by atoms with Gasteiger partial charge in [-0.3, -0.25) is 0 Å². The fourth-order valence-corrected chi connectivity index (χ4v) is 2.59. The number of carboxylic acids is 1. The van der Waals surface area contributed by atoms with Crippen molar-refractivity contribution >= 4 is 12.0 Å². The molecule has 1 saturated heterocycles. The number of urea groups is 1. The van der Waals surface area contributed by atoms with Crippen LogP contribution in [0, 0.1) is 5.41 Å². The number of nitrogens with zero attached hydrogens (tertiary/aromatic N) is 1. The van der Waals surface area contributed by atoms with Crippen molar-refractivity contribution in [2.75, 3.05) is 26.8 Å². The first-order chi connectivity index (χ1) is 8.90. The topological polar surface area (TPSA) is 78.9 Å². The average Bonchev–Trinajstić information content (AvgIpc) is 2.32. The number of likely N-dealkylation sites (tertiary alicyclic amines) is 1. The monoisotopic (exact) mass is 272 g/mol. The lowest BCUT2D eigenvalue weighted by Crippen LogP contribution is -2.58. The molecule has 0 aromatic rings. The predicted octanol–water partition coefficient (Wildman–Crippen LogP) is 1.31. The van der Waals surface area contributed by atoms with Gasteiger partial charge in [-0.15, -0.1) is 0 Å². The maximum absolute atomic E-state index is 12.1. The smallest absolute Gasteiger partial charge is 0.327 e. The van der Waals surface area contributed by atoms with Crippen LogP contribution in [0.15, 0.2) is 0 Å². The minimum absolute atomic E-state index is 0.295. The molecular weight excluding hydrogens is 248 g/mol. The molecule has 0 aromatic carbocycles. The molecule has 1 fully saturated rings. The lowest BCUT2D eigenvalue weighted by atomic mass is 9.76. The first-order valence-electron chi connectivity index (χ1n) is 6.66. The van der Waals surface area contributed by atoms with Gasteiger partial charge in [0.15, 0.2) is 0 Å². The van der Waals surface area contributed by atoms with Gasteiger partial charge in [-0.1, -0.05) is 13.8 Å². The van der Waals surface area contributed by atoms with E-state index in [1.54, 1.807) is 7.11 Å². The third kappa shape index (κ3) is 4.09. The summed E-state index contributed by atoms with van der Waals surface area (Å²) in [4.78, 5) is 24.9. The highest BCUT2D eigenvalue weighted by Crippen LogP contribution is 2.35. The number of aliphatic carboxylic acids is 1. The summed E-state index contributed by atoms with van der Waals surface area (Å²) < 4.78 is 4.90. The van der Waals surface area contributed by atoms with E-state index >= 15 is 0 Å². The molecule has 2 N–H and O–H groups in total. The molecular formula is C13H24N2O4. The van der Waals surface area contributed by atoms with E-state index in [2.05, 4.69) is 5.32 Å². The number of rotatable bonds is 5. The van der Waals surface area contributed by atoms with E-state index in [1.807, 2.05) is 13.8 Å². The van der Waals surface area contributed by atoms with Crippen LogP contribution in [0.2, 0.25) is 0 Å². The Bertz CT molecular complexity index is 331. The molecule has 0 aromatic heterocycles. The molecule has 0 spiro atoms. The summed E-state index contributed by atoms with van der Waals surface area (Å²) in [7, 11) is 1.61. The molecule has 2 amide bonds. The van der Waals surface area contributed by atoms with Crippen molar-refractivity contribution in [3.8, 4) is 0 Å². The number of amides is 2. The van der Waals surface area contributed by atoms with Crippen LogP contribution in [0.5, 0.6) is 0 Å². The van der Waals surface area contributed by atoms with Gasteiger partial charge in [-0.2, -0.15) is 0 Å². The van der Waals surface area contributed by atoms with Gasteiger partial charge in [0.25, 0.3) is 0 Å². The summed E-state index contributed by atoms with van der Waals surface area (Å²) >= 11 is 0. The summed E-state index contributed by atoms with van der Waals surface area (Å²) in [6.07, 6.45) is 2.37. The van der Waals surface area contributed by atoms with Crippen molar-refractivity contribution in [3.63, 3.8) is 0 Å². The first-order valence-corrected chi connectivity index (χ1v) is 6.66. The molecule has 0 bridgehead atoms. The SMILES string of the molecule is COCCCNC(=O)N1CCCC(C)(C)C1C(=O)O. The van der Waals surface area contributed by atoms with E-state index in [1.165, 1.54) is 4.90 Å². The number of piperidine rings is 1. The summed E-state index contributed by atoms with van der Waals surface area (Å²) in [6, 6.07) is -1.06. The lowest BCUT2D eigenvalue weighted by Gasteiger charge is -2.43. The molecule has 0 aliphatic carbocycles. The summed E-state index contributed by atoms with van der Waals surface area (Å²) in [6.45, 7) is 5.37. The number of carbonyl (C=O) groups excluding carboxylic acids is 1. The Labute approximate surface area is 114 Å². The van der Waals surface area contributed by atoms with Crippen molar-refractivity contribution in [1.82, 2.24) is 10.2 Å². The Morgan fingerprint density at radius 3 is 2.74 bits per heavy atom. The summed E-state index contributed by atoms with van der Waals surface area (Å²) in [5.74, 6) is -0.934. The van der Waals surface area contributed by atoms with Gasteiger partial charge in [-0.05, 0) is 24.7 Å². The molecule has 1 atom stereocenters. The molecule has 0 saturated carbocycles. The highest BCUT2D eigenvalue weighted by molar-refractivity contribution is 5.83. The van der Waals surface area contributed by atoms with E-state index in [0.717, 1.165) is 19.3 Å². The number of methoxy groups -OCH3 is 1. The summed E-state index contributed by atoms with van der Waals surface area (Å²) in [5.41, 5.74) is -0.395. The number of nitrogens with one attached hydrogen (secondary N) is 1. The quantitative estimate of drug-likeness (QED) is 0.740. The minimum Gasteiger partial charge on any atom is -0.480 e. The lowest BCUT2D eigenvalue weighted by molar-refractivity contribution is -0.148. The van der Waals surface area contributed by atoms with E-state index in [9.17, 15) is 14.7 Å². The van der Waals surface area contributed by atoms with E-state index in [0.29, 0.717) is 19.7 Å². The number of ether oxygens (including phenoxy) is 1. The van der Waals surface area contributed by atoms with Crippen molar-refractivity contribution in [1.29, 1.82) is 0 Å². The third-order valence-electron chi connectivity index (χ3n) is 3.57. The molecule has 6 heteroatoms. The van der Waals surface area contributed by atoms with Gasteiger partial charge < -0.3 is 20.1 Å². The Morgan fingerprint density at radius 2 is 2.16 bits per heavy atom. The van der Waals surface area contributed by atoms with E-state index in [4.69, 9.17) is 4.74 Å². The van der Waals surface area contributed by atoms with Gasteiger partial charge in [-0.25, -0.2) is 9.59 Å². The van der Waals surface area contributed by atoms with Crippen LogP contribution in [0.1, 0.15) is 33.1 Å². The molecule has 1 rings (SSSR count). The van der Waals surface area contributed by atoms with Crippen LogP contribution < -0.4 is 5.32 Å². The molecule has 6 nitrogen and oxygen atoms in total. The minimum atomic E-state index is -0.934. The fourth-order valence-electron chi connectivity index (χ4n) is 2.59. The third-order valence-corrected chi connectivity index (χ3v) is 3.57. The van der Waals surface area contributed by atoms with Crippen LogP contribution in [-0.2, 0) is 9.53 Å². The van der Waals surface area contributed by atoms with Crippen molar-refractivity contribution in [3.05, 3.63) is 0 Å². The van der Waals surface area contributed by atoms with Crippen LogP contribution in [0.25, 0.3) is 0 Å². The van der Waals surface area contributed by atoms with E-state index in [-0.39, 0.29) is 6.03 Å². The maximum atomic E-state index is 12.1. The second-order valence-electron chi connectivity index (χ2n) is 5.60. The second kappa shape index (κ2) is 6.75. The Morgan fingerprint density at radius 1 is 1.47 bits per heavy atom. The maximum Gasteiger partial charge on any atom is 0.327 e.